The van der Waals surface area contributed by atoms with Gasteiger partial charge in [-0.2, -0.15) is 13.2 Å². The van der Waals surface area contributed by atoms with Crippen LogP contribution in [-0.4, -0.2) is 285 Å². The van der Waals surface area contributed by atoms with E-state index in [1.165, 1.54) is 88.1 Å². The molecular formula is C74H121F3N12O15. The average Bonchev–Trinajstić information content (AvgIpc) is 0.900. The van der Waals surface area contributed by atoms with Crippen LogP contribution in [0.3, 0.4) is 0 Å². The molecule has 5 fully saturated rings. The molecule has 0 aromatic carbocycles. The summed E-state index contributed by atoms with van der Waals surface area (Å²) in [7, 11) is 12.2. The quantitative estimate of drug-likeness (QED) is 0.155. The molecule has 1 spiro atoms. The van der Waals surface area contributed by atoms with Crippen molar-refractivity contribution in [2.45, 2.75) is 249 Å². The second kappa shape index (κ2) is 38.0. The van der Waals surface area contributed by atoms with Crippen molar-refractivity contribution in [2.24, 2.45) is 35.0 Å². The number of hydrogen-bond donors (Lipinski definition) is 4. The summed E-state index contributed by atoms with van der Waals surface area (Å²) in [6.45, 7) is 11.3. The van der Waals surface area contributed by atoms with Gasteiger partial charge in [-0.3, -0.25) is 57.5 Å². The molecule has 0 aromatic heterocycles. The van der Waals surface area contributed by atoms with Gasteiger partial charge in [0.05, 0.1) is 44.2 Å². The van der Waals surface area contributed by atoms with Gasteiger partial charge in [0.1, 0.15) is 53.9 Å². The van der Waals surface area contributed by atoms with Crippen molar-refractivity contribution in [3.8, 4) is 0 Å². The van der Waals surface area contributed by atoms with Crippen LogP contribution in [0.2, 0.25) is 0 Å². The first-order valence-electron chi connectivity index (χ1n) is 37.6. The van der Waals surface area contributed by atoms with E-state index in [4.69, 9.17) is 14.2 Å². The lowest BCUT2D eigenvalue weighted by Crippen LogP contribution is -2.71. The smallest absolute Gasteiger partial charge is 0.382 e. The summed E-state index contributed by atoms with van der Waals surface area (Å²) < 4.78 is 59.9. The number of likely N-dealkylation sites (N-methyl/N-ethyl adjacent to an activating group) is 7. The summed E-state index contributed by atoms with van der Waals surface area (Å²) in [5, 5.41) is 11.3. The van der Waals surface area contributed by atoms with E-state index in [1.807, 2.05) is 33.8 Å². The Morgan fingerprint density at radius 1 is 0.683 bits per heavy atom. The van der Waals surface area contributed by atoms with Crippen molar-refractivity contribution >= 4 is 70.9 Å². The third-order valence-corrected chi connectivity index (χ3v) is 23.1. The van der Waals surface area contributed by atoms with Crippen LogP contribution in [-0.2, 0) is 71.7 Å². The summed E-state index contributed by atoms with van der Waals surface area (Å²) in [4.78, 5) is 190. The minimum atomic E-state index is -4.53. The first kappa shape index (κ1) is 86.0. The Morgan fingerprint density at radius 2 is 1.34 bits per heavy atom. The second-order valence-corrected chi connectivity index (χ2v) is 31.0. The van der Waals surface area contributed by atoms with Crippen molar-refractivity contribution in [2.75, 3.05) is 103 Å². The normalized spacial score (nSPS) is 30.2. The number of nitrogens with one attached hydrogen (secondary N) is 4. The van der Waals surface area contributed by atoms with Gasteiger partial charge in [0, 0.05) is 89.7 Å². The molecule has 3 unspecified atom stereocenters. The molecule has 3 saturated carbocycles. The molecule has 0 radical (unpaired) electrons. The molecule has 2 saturated heterocycles. The monoisotopic (exact) mass is 1470 g/mol. The molecule has 104 heavy (non-hydrogen) atoms. The predicted molar refractivity (Wildman–Crippen MR) is 381 cm³/mol. The number of nitrogens with zero attached hydrogens (tertiary/aromatic N) is 8. The summed E-state index contributed by atoms with van der Waals surface area (Å²) in [5.74, 6) is -11.7. The number of halogens is 3. The van der Waals surface area contributed by atoms with Crippen LogP contribution in [0.1, 0.15) is 177 Å². The van der Waals surface area contributed by atoms with Crippen LogP contribution in [0.25, 0.3) is 0 Å². The molecule has 27 nitrogen and oxygen atoms in total. The SMILES string of the molecule is CCO[C@@H]1C[C@H]2C(=O)NC3(CC(C)(C)C3)C(=O)N(C)[C@@H](C(CC)CC)C(=O)N(C)[C@H](C(=O)NC)CC(=O)N(C)[C@@H](COC)C(=O)N[C@@H]([C@@H](C)CC)C(=O)N(C)CC(=O)N(C)[C@H]3C/C=C\CCN(C3=O)[C@@H](CC3CCCCC3)C(=O)N(C)CC(=O)N[C@@H](CCC3CCC(C(F)(F)F)C(OC)C3)C(=O)N2C1. The van der Waals surface area contributed by atoms with E-state index in [0.29, 0.717) is 25.7 Å². The van der Waals surface area contributed by atoms with Crippen LogP contribution in [0.15, 0.2) is 12.2 Å². The van der Waals surface area contributed by atoms with E-state index in [9.17, 15) is 41.9 Å². The van der Waals surface area contributed by atoms with E-state index in [-0.39, 0.29) is 96.4 Å². The minimum absolute atomic E-state index is 0.00216. The van der Waals surface area contributed by atoms with Gasteiger partial charge in [0.25, 0.3) is 0 Å². The van der Waals surface area contributed by atoms with Crippen LogP contribution in [0.5, 0.6) is 0 Å². The van der Waals surface area contributed by atoms with Gasteiger partial charge in [-0.25, -0.2) is 0 Å². The van der Waals surface area contributed by atoms with Crippen LogP contribution in [0, 0.1) is 35.0 Å². The molecule has 588 valence electrons. The maximum Gasteiger partial charge on any atom is 0.394 e. The molecule has 2 bridgehead atoms. The average molecular weight is 1480 g/mol. The Morgan fingerprint density at radius 3 is 1.92 bits per heavy atom. The topological polar surface area (TPSA) is 307 Å². The zero-order valence-corrected chi connectivity index (χ0v) is 64.5. The highest BCUT2D eigenvalue weighted by Crippen LogP contribution is 2.50. The van der Waals surface area contributed by atoms with Crippen molar-refractivity contribution in [3.05, 3.63) is 12.2 Å². The second-order valence-electron chi connectivity index (χ2n) is 31.0. The maximum absolute atomic E-state index is 15.7. The lowest BCUT2D eigenvalue weighted by molar-refractivity contribution is -0.215. The van der Waals surface area contributed by atoms with Gasteiger partial charge in [0.15, 0.2) is 0 Å². The Labute approximate surface area is 613 Å². The Hall–Kier alpha value is -6.95. The first-order valence-corrected chi connectivity index (χ1v) is 37.6. The molecule has 3 aliphatic heterocycles. The third kappa shape index (κ3) is 21.0. The highest BCUT2D eigenvalue weighted by atomic mass is 19.4. The highest BCUT2D eigenvalue weighted by Gasteiger charge is 2.59. The molecule has 3 heterocycles. The van der Waals surface area contributed by atoms with Crippen molar-refractivity contribution in [1.29, 1.82) is 0 Å². The standard InChI is InChI=1S/C74H121F3N12O15/c1-17-45(5)61-69(99)83(10)41-60(92)84(11)52-29-25-22-26-34-88(68(52)98)55(35-46-27-23-21-24-28-46)67(97)82(9)40-58(90)79-51(33-31-47-30-32-50(74(75,76)77)57(36-47)103-16)66(96)89-39-49(104-20-4)37-54(89)65(95)81-73(43-72(6,7)44-73)71(101)87(14)62(48(18-2)19-3)70(100)86(13)53(63(93)78-8)38-59(91)85(12)56(42-102-15)64(94)80-61/h22,25,45-57,61-62H,17-21,23-24,26-44H2,1-16H3,(H,78,93)(H,79,90)(H,80,94)(H,81,95)/b25-22-/t45-,47?,49+,50?,51-,52-,53-,54-,55-,56-,57?,61-,62-/m0/s1. The van der Waals surface area contributed by atoms with Crippen molar-refractivity contribution in [3.63, 3.8) is 0 Å². The van der Waals surface area contributed by atoms with Crippen molar-refractivity contribution < 1.29 is 84.9 Å². The van der Waals surface area contributed by atoms with Crippen LogP contribution in [0.4, 0.5) is 13.2 Å². The fourth-order valence-electron chi connectivity index (χ4n) is 16.8. The van der Waals surface area contributed by atoms with Gasteiger partial charge < -0.3 is 74.7 Å². The maximum atomic E-state index is 15.7. The molecule has 30 heteroatoms. The largest absolute Gasteiger partial charge is 0.394 e. The van der Waals surface area contributed by atoms with E-state index in [2.05, 4.69) is 21.3 Å². The fourth-order valence-corrected chi connectivity index (χ4v) is 16.8. The van der Waals surface area contributed by atoms with Gasteiger partial charge in [0.2, 0.25) is 70.9 Å². The van der Waals surface area contributed by atoms with Gasteiger partial charge in [-0.05, 0) is 100 Å². The van der Waals surface area contributed by atoms with Gasteiger partial charge in [-0.1, -0.05) is 105 Å². The number of carbonyl (C=O) groups excluding carboxylic acids is 12. The molecule has 6 rings (SSSR count). The zero-order chi connectivity index (χ0) is 77.5. The lowest BCUT2D eigenvalue weighted by Gasteiger charge is -2.54. The summed E-state index contributed by atoms with van der Waals surface area (Å²) in [5.41, 5.74) is -2.22. The van der Waals surface area contributed by atoms with E-state index in [0.717, 1.165) is 46.8 Å². The Balaban J connectivity index is 1.48. The molecule has 6 aliphatic rings. The molecule has 3 aliphatic carbocycles. The highest BCUT2D eigenvalue weighted by molar-refractivity contribution is 6.01. The molecule has 0 aromatic rings. The number of fused-ring (bicyclic) bond motifs is 3. The van der Waals surface area contributed by atoms with E-state index >= 15 is 28.8 Å². The minimum Gasteiger partial charge on any atom is -0.382 e. The van der Waals surface area contributed by atoms with Gasteiger partial charge in [-0.15, -0.1) is 0 Å². The summed E-state index contributed by atoms with van der Waals surface area (Å²) in [6.07, 6.45) is 2.57. The number of alkyl halides is 3. The third-order valence-electron chi connectivity index (χ3n) is 23.1. The molecular weight excluding hydrogens is 1350 g/mol. The van der Waals surface area contributed by atoms with Crippen molar-refractivity contribution in [1.82, 2.24) is 60.5 Å². The number of carbonyl (C=O) groups is 12. The number of amides is 12. The number of hydrogen-bond acceptors (Lipinski definition) is 15. The predicted octanol–water partition coefficient (Wildman–Crippen LogP) is 4.43. The Bertz CT molecular complexity index is 3050. The molecule has 12 amide bonds. The van der Waals surface area contributed by atoms with Gasteiger partial charge >= 0.3 is 6.18 Å². The number of ether oxygens (including phenoxy) is 3. The van der Waals surface area contributed by atoms with Crippen LogP contribution < -0.4 is 21.3 Å². The summed E-state index contributed by atoms with van der Waals surface area (Å²) in [6, 6.07) is -10.6. The first-order chi connectivity index (χ1) is 49.0. The number of methoxy groups -OCH3 is 2. The fraction of sp³-hybridized carbons (Fsp3) is 0.811. The Kier molecular flexibility index (Phi) is 31.4. The summed E-state index contributed by atoms with van der Waals surface area (Å²) >= 11 is 0. The number of rotatable bonds is 16. The van der Waals surface area contributed by atoms with E-state index < -0.39 is 192 Å². The zero-order valence-electron chi connectivity index (χ0n) is 64.5. The van der Waals surface area contributed by atoms with E-state index in [1.54, 1.807) is 26.8 Å². The van der Waals surface area contributed by atoms with Crippen LogP contribution >= 0.6 is 0 Å². The molecule has 13 atom stereocenters. The molecule has 4 N–H and O–H groups in total. The lowest BCUT2D eigenvalue weighted by atomic mass is 9.58.